The number of aromatic nitrogens is 5. The van der Waals surface area contributed by atoms with E-state index >= 15 is 0 Å². The van der Waals surface area contributed by atoms with Gasteiger partial charge in [0.05, 0.1) is 40.0 Å². The zero-order valence-electron chi connectivity index (χ0n) is 20.2. The first-order valence-electron chi connectivity index (χ1n) is 11.3. The number of nitrogens with one attached hydrogen (secondary N) is 1. The molecule has 0 fully saturated rings. The van der Waals surface area contributed by atoms with E-state index < -0.39 is 11.1 Å². The molecule has 0 amide bonds. The molecule has 13 heteroatoms. The molecule has 0 aliphatic carbocycles. The molecule has 3 N–H and O–H groups in total. The lowest BCUT2D eigenvalue weighted by atomic mass is 10.1. The second-order valence-electron chi connectivity index (χ2n) is 8.55. The lowest BCUT2D eigenvalue weighted by Gasteiger charge is -2.30. The van der Waals surface area contributed by atoms with Crippen LogP contribution in [-0.2, 0) is 6.42 Å². The Hall–Kier alpha value is -3.64. The fourth-order valence-electron chi connectivity index (χ4n) is 3.69. The first-order valence-corrected chi connectivity index (χ1v) is 12.1. The van der Waals surface area contributed by atoms with Crippen LogP contribution < -0.4 is 10.6 Å². The molecule has 0 bridgehead atoms. The zero-order chi connectivity index (χ0) is 26.5. The van der Waals surface area contributed by atoms with Crippen LogP contribution in [0.1, 0.15) is 5.69 Å². The zero-order valence-corrected chi connectivity index (χ0v) is 21.7. The maximum absolute atomic E-state index is 11.0. The molecule has 4 rings (SSSR count). The van der Waals surface area contributed by atoms with Crippen LogP contribution in [0.15, 0.2) is 55.2 Å². The number of nitrogens with zero attached hydrogens (tertiary/aromatic N) is 7. The average Bonchev–Trinajstić information content (AvgIpc) is 3.39. The molecule has 4 aromatic rings. The van der Waals surface area contributed by atoms with E-state index in [-0.39, 0.29) is 5.69 Å². The number of H-pyrrole nitrogens is 1. The van der Waals surface area contributed by atoms with Crippen molar-refractivity contribution in [1.82, 2.24) is 29.8 Å². The standard InChI is InChI=1S/C24H25Cl2N9O2/c1-33(2)7-8-34(22(27)10-16-4-5-17(11-29-16)35(36)37)24-30-12-19(21-13-28-14-31-21)23(32-24)18-6-3-15(25)9-20(18)26/h3-6,9,11-14,22H,7-8,10,27H2,1-2H3,(H,28,31). The van der Waals surface area contributed by atoms with Gasteiger partial charge in [-0.3, -0.25) is 15.1 Å². The van der Waals surface area contributed by atoms with E-state index in [0.29, 0.717) is 58.0 Å². The molecule has 3 heterocycles. The number of imidazole rings is 1. The highest BCUT2D eigenvalue weighted by molar-refractivity contribution is 6.36. The third kappa shape index (κ3) is 6.38. The van der Waals surface area contributed by atoms with E-state index in [1.165, 1.54) is 12.3 Å². The Morgan fingerprint density at radius 3 is 2.51 bits per heavy atom. The quantitative estimate of drug-likeness (QED) is 0.172. The Kier molecular flexibility index (Phi) is 8.29. The fraction of sp³-hybridized carbons (Fsp3) is 0.250. The minimum absolute atomic E-state index is 0.0796. The molecule has 0 saturated carbocycles. The summed E-state index contributed by atoms with van der Waals surface area (Å²) in [4.78, 5) is 35.3. The average molecular weight is 542 g/mol. The highest BCUT2D eigenvalue weighted by Crippen LogP contribution is 2.36. The van der Waals surface area contributed by atoms with Crippen molar-refractivity contribution in [3.05, 3.63) is 81.1 Å². The van der Waals surface area contributed by atoms with Crippen molar-refractivity contribution in [3.8, 4) is 22.5 Å². The van der Waals surface area contributed by atoms with Crippen molar-refractivity contribution in [1.29, 1.82) is 0 Å². The maximum Gasteiger partial charge on any atom is 0.287 e. The van der Waals surface area contributed by atoms with Crippen molar-refractivity contribution in [2.24, 2.45) is 5.73 Å². The molecule has 0 aliphatic heterocycles. The normalized spacial score (nSPS) is 12.1. The molecule has 0 spiro atoms. The van der Waals surface area contributed by atoms with Crippen LogP contribution in [-0.4, -0.2) is 68.1 Å². The van der Waals surface area contributed by atoms with Crippen molar-refractivity contribution < 1.29 is 4.92 Å². The summed E-state index contributed by atoms with van der Waals surface area (Å²) in [6.07, 6.45) is 5.96. The Balaban J connectivity index is 1.74. The first kappa shape index (κ1) is 26.4. The number of rotatable bonds is 10. The first-order chi connectivity index (χ1) is 17.7. The van der Waals surface area contributed by atoms with E-state index in [1.807, 2.05) is 30.0 Å². The van der Waals surface area contributed by atoms with Gasteiger partial charge < -0.3 is 20.5 Å². The van der Waals surface area contributed by atoms with E-state index in [2.05, 4.69) is 19.9 Å². The molecule has 11 nitrogen and oxygen atoms in total. The number of nitrogens with two attached hydrogens (primary N) is 1. The molecular weight excluding hydrogens is 517 g/mol. The highest BCUT2D eigenvalue weighted by atomic mass is 35.5. The van der Waals surface area contributed by atoms with Crippen molar-refractivity contribution in [2.45, 2.75) is 12.6 Å². The van der Waals surface area contributed by atoms with Gasteiger partial charge in [-0.25, -0.2) is 15.0 Å². The molecule has 37 heavy (non-hydrogen) atoms. The van der Waals surface area contributed by atoms with Gasteiger partial charge in [-0.1, -0.05) is 23.2 Å². The number of anilines is 1. The van der Waals surface area contributed by atoms with Crippen LogP contribution in [0.3, 0.4) is 0 Å². The fourth-order valence-corrected chi connectivity index (χ4v) is 4.19. The largest absolute Gasteiger partial charge is 0.345 e. The van der Waals surface area contributed by atoms with Crippen molar-refractivity contribution in [3.63, 3.8) is 0 Å². The number of hydrogen-bond acceptors (Lipinski definition) is 9. The summed E-state index contributed by atoms with van der Waals surface area (Å²) in [6, 6.07) is 8.23. The lowest BCUT2D eigenvalue weighted by molar-refractivity contribution is -0.385. The minimum atomic E-state index is -0.555. The molecule has 1 aromatic carbocycles. The SMILES string of the molecule is CN(C)CCN(c1ncc(-c2cnc[nH]2)c(-c2ccc(Cl)cc2Cl)n1)C(N)Cc1ccc([N+](=O)[O-])cn1. The van der Waals surface area contributed by atoms with E-state index in [9.17, 15) is 10.1 Å². The van der Waals surface area contributed by atoms with Crippen molar-refractivity contribution >= 4 is 34.8 Å². The summed E-state index contributed by atoms with van der Waals surface area (Å²) < 4.78 is 0. The lowest BCUT2D eigenvalue weighted by Crippen LogP contribution is -2.47. The Morgan fingerprint density at radius 2 is 1.89 bits per heavy atom. The van der Waals surface area contributed by atoms with Gasteiger partial charge in [0, 0.05) is 53.6 Å². The molecule has 0 radical (unpaired) electrons. The van der Waals surface area contributed by atoms with Gasteiger partial charge in [-0.05, 0) is 38.4 Å². The third-order valence-electron chi connectivity index (χ3n) is 5.63. The van der Waals surface area contributed by atoms with Crippen molar-refractivity contribution in [2.75, 3.05) is 32.1 Å². The summed E-state index contributed by atoms with van der Waals surface area (Å²) in [5.74, 6) is 0.403. The number of aromatic amines is 1. The van der Waals surface area contributed by atoms with Gasteiger partial charge >= 0.3 is 0 Å². The van der Waals surface area contributed by atoms with Crippen LogP contribution in [0.4, 0.5) is 11.6 Å². The third-order valence-corrected chi connectivity index (χ3v) is 6.18. The van der Waals surface area contributed by atoms with Gasteiger partial charge in [-0.15, -0.1) is 0 Å². The highest BCUT2D eigenvalue weighted by Gasteiger charge is 2.23. The molecule has 1 unspecified atom stereocenters. The van der Waals surface area contributed by atoms with Crippen LogP contribution in [0, 0.1) is 10.1 Å². The number of pyridine rings is 1. The number of halogens is 2. The molecule has 192 valence electrons. The summed E-state index contributed by atoms with van der Waals surface area (Å²) in [7, 11) is 3.92. The second kappa shape index (κ2) is 11.6. The van der Waals surface area contributed by atoms with Gasteiger partial charge in [-0.2, -0.15) is 0 Å². The number of likely N-dealkylation sites (N-methyl/N-ethyl adjacent to an activating group) is 1. The Morgan fingerprint density at radius 1 is 1.08 bits per heavy atom. The number of benzene rings is 1. The topological polar surface area (TPSA) is 143 Å². The van der Waals surface area contributed by atoms with Gasteiger partial charge in [0.25, 0.3) is 5.69 Å². The van der Waals surface area contributed by atoms with Crippen LogP contribution in [0.5, 0.6) is 0 Å². The summed E-state index contributed by atoms with van der Waals surface area (Å²) in [5.41, 5.74) is 9.87. The predicted molar refractivity (Wildman–Crippen MR) is 144 cm³/mol. The smallest absolute Gasteiger partial charge is 0.287 e. The molecular formula is C24H25Cl2N9O2. The second-order valence-corrected chi connectivity index (χ2v) is 9.40. The number of nitro groups is 1. The molecule has 0 aliphatic rings. The monoisotopic (exact) mass is 541 g/mol. The Bertz CT molecular complexity index is 1370. The van der Waals surface area contributed by atoms with E-state index in [1.54, 1.807) is 36.9 Å². The van der Waals surface area contributed by atoms with Crippen LogP contribution >= 0.6 is 23.2 Å². The van der Waals surface area contributed by atoms with Gasteiger partial charge in [0.1, 0.15) is 6.20 Å². The van der Waals surface area contributed by atoms with Crippen LogP contribution in [0.25, 0.3) is 22.5 Å². The maximum atomic E-state index is 11.0. The predicted octanol–water partition coefficient (Wildman–Crippen LogP) is 4.04. The summed E-state index contributed by atoms with van der Waals surface area (Å²) >= 11 is 12.7. The Labute approximate surface area is 223 Å². The molecule has 0 saturated heterocycles. The van der Waals surface area contributed by atoms with E-state index in [4.69, 9.17) is 33.9 Å². The summed E-state index contributed by atoms with van der Waals surface area (Å²) in [5, 5.41) is 11.9. The van der Waals surface area contributed by atoms with Crippen LogP contribution in [0.2, 0.25) is 10.0 Å². The van der Waals surface area contributed by atoms with Gasteiger partial charge in [0.15, 0.2) is 0 Å². The molecule has 1 atom stereocenters. The van der Waals surface area contributed by atoms with E-state index in [0.717, 1.165) is 5.69 Å². The summed E-state index contributed by atoms with van der Waals surface area (Å²) in [6.45, 7) is 1.21. The number of hydrogen-bond donors (Lipinski definition) is 2. The van der Waals surface area contributed by atoms with Gasteiger partial charge in [0.2, 0.25) is 5.95 Å². The minimum Gasteiger partial charge on any atom is -0.345 e. The molecule has 3 aromatic heterocycles.